The summed E-state index contributed by atoms with van der Waals surface area (Å²) in [7, 11) is 0. The molecule has 0 amide bonds. The number of rotatable bonds is 8. The summed E-state index contributed by atoms with van der Waals surface area (Å²) in [5, 5.41) is 1.11. The highest BCUT2D eigenvalue weighted by molar-refractivity contribution is 6.07. The molecular formula is C29H36N2O. The summed E-state index contributed by atoms with van der Waals surface area (Å²) in [6.45, 7) is 6.01. The number of carbonyl (C=O) groups is 1. The number of aryl methyl sites for hydroxylation is 3. The Hall–Kier alpha value is -2.39. The Morgan fingerprint density at radius 2 is 1.72 bits per heavy atom. The number of hydrogen-bond donors (Lipinski definition) is 0. The fourth-order valence-corrected chi connectivity index (χ4v) is 6.43. The molecule has 2 bridgehead atoms. The molecule has 3 atom stereocenters. The Morgan fingerprint density at radius 3 is 2.44 bits per heavy atom. The predicted molar refractivity (Wildman–Crippen MR) is 132 cm³/mol. The van der Waals surface area contributed by atoms with Gasteiger partial charge in [0.1, 0.15) is 0 Å². The lowest BCUT2D eigenvalue weighted by Crippen LogP contribution is -2.43. The van der Waals surface area contributed by atoms with Gasteiger partial charge in [0, 0.05) is 42.3 Å². The Morgan fingerprint density at radius 1 is 0.969 bits per heavy atom. The van der Waals surface area contributed by atoms with Gasteiger partial charge in [-0.15, -0.1) is 0 Å². The first-order chi connectivity index (χ1) is 15.6. The average Bonchev–Trinajstić information content (AvgIpc) is 3.28. The van der Waals surface area contributed by atoms with Crippen LogP contribution < -0.4 is 0 Å². The van der Waals surface area contributed by atoms with Crippen molar-refractivity contribution < 1.29 is 4.79 Å². The molecule has 2 saturated heterocycles. The minimum Gasteiger partial charge on any atom is -0.346 e. The van der Waals surface area contributed by atoms with Crippen LogP contribution >= 0.6 is 0 Å². The van der Waals surface area contributed by atoms with E-state index in [0.29, 0.717) is 0 Å². The third-order valence-corrected chi connectivity index (χ3v) is 7.96. The third kappa shape index (κ3) is 4.28. The van der Waals surface area contributed by atoms with Crippen LogP contribution in [-0.4, -0.2) is 33.9 Å². The van der Waals surface area contributed by atoms with Gasteiger partial charge < -0.3 is 4.57 Å². The third-order valence-electron chi connectivity index (χ3n) is 7.96. The van der Waals surface area contributed by atoms with E-state index in [4.69, 9.17) is 0 Å². The van der Waals surface area contributed by atoms with E-state index in [2.05, 4.69) is 71.1 Å². The highest BCUT2D eigenvalue weighted by Gasteiger charge is 2.39. The first kappa shape index (κ1) is 21.5. The Balaban J connectivity index is 1.19. The highest BCUT2D eigenvalue weighted by atomic mass is 16.1. The van der Waals surface area contributed by atoms with E-state index < -0.39 is 0 Å². The quantitative estimate of drug-likeness (QED) is 0.387. The normalized spacial score (nSPS) is 23.1. The number of piperidine rings is 1. The standard InChI is InChI=1S/C29H36N2O/c1-21-8-6-11-27-28(22(2)32)20-30(29(21)27)16-7-17-31-25-14-15-26(31)19-24(18-25)13-12-23-9-4-3-5-10-23/h3-6,8-11,20,24-26H,7,12-19H2,1-2H3/t24?,25-,26+. The number of aromatic nitrogens is 1. The topological polar surface area (TPSA) is 25.2 Å². The molecule has 2 aliphatic rings. The van der Waals surface area contributed by atoms with Crippen LogP contribution in [0.25, 0.3) is 10.9 Å². The van der Waals surface area contributed by atoms with Crippen molar-refractivity contribution in [3.8, 4) is 0 Å². The molecule has 32 heavy (non-hydrogen) atoms. The van der Waals surface area contributed by atoms with Gasteiger partial charge in [0.05, 0.1) is 5.52 Å². The molecular weight excluding hydrogens is 392 g/mol. The van der Waals surface area contributed by atoms with Crippen molar-refractivity contribution in [1.29, 1.82) is 0 Å². The highest BCUT2D eigenvalue weighted by Crippen LogP contribution is 2.40. The molecule has 168 valence electrons. The summed E-state index contributed by atoms with van der Waals surface area (Å²) >= 11 is 0. The van der Waals surface area contributed by atoms with Gasteiger partial charge >= 0.3 is 0 Å². The summed E-state index contributed by atoms with van der Waals surface area (Å²) in [5.41, 5.74) is 4.85. The molecule has 3 heterocycles. The molecule has 2 aromatic carbocycles. The lowest BCUT2D eigenvalue weighted by Gasteiger charge is -2.39. The molecule has 0 N–H and O–H groups in total. The lowest BCUT2D eigenvalue weighted by atomic mass is 9.86. The van der Waals surface area contributed by atoms with Gasteiger partial charge in [-0.3, -0.25) is 9.69 Å². The predicted octanol–water partition coefficient (Wildman–Crippen LogP) is 6.42. The van der Waals surface area contributed by atoms with Crippen LogP contribution in [0.3, 0.4) is 0 Å². The number of fused-ring (bicyclic) bond motifs is 3. The zero-order valence-corrected chi connectivity index (χ0v) is 19.6. The Labute approximate surface area is 192 Å². The van der Waals surface area contributed by atoms with Gasteiger partial charge in [-0.2, -0.15) is 0 Å². The van der Waals surface area contributed by atoms with E-state index in [0.717, 1.165) is 41.9 Å². The molecule has 0 aliphatic carbocycles. The second-order valence-electron chi connectivity index (χ2n) is 10.1. The van der Waals surface area contributed by atoms with Gasteiger partial charge in [-0.25, -0.2) is 0 Å². The van der Waals surface area contributed by atoms with Gasteiger partial charge in [-0.1, -0.05) is 48.5 Å². The molecule has 3 aromatic rings. The minimum atomic E-state index is 0.162. The largest absolute Gasteiger partial charge is 0.346 e. The van der Waals surface area contributed by atoms with E-state index >= 15 is 0 Å². The number of benzene rings is 2. The van der Waals surface area contributed by atoms with Crippen LogP contribution in [0.2, 0.25) is 0 Å². The van der Waals surface area contributed by atoms with Crippen molar-refractivity contribution in [3.63, 3.8) is 0 Å². The number of carbonyl (C=O) groups excluding carboxylic acids is 1. The van der Waals surface area contributed by atoms with Crippen molar-refractivity contribution in [1.82, 2.24) is 9.47 Å². The first-order valence-electron chi connectivity index (χ1n) is 12.5. The maximum atomic E-state index is 12.2. The van der Waals surface area contributed by atoms with Gasteiger partial charge in [0.25, 0.3) is 0 Å². The maximum absolute atomic E-state index is 12.2. The molecule has 3 nitrogen and oxygen atoms in total. The summed E-state index contributed by atoms with van der Waals surface area (Å²) in [4.78, 5) is 15.0. The number of Topliss-reactive ketones (excluding diaryl/α,β-unsaturated/α-hetero) is 1. The Bertz CT molecular complexity index is 1070. The molecule has 0 spiro atoms. The molecule has 2 fully saturated rings. The minimum absolute atomic E-state index is 0.162. The summed E-state index contributed by atoms with van der Waals surface area (Å²) in [6.07, 6.45) is 11.3. The van der Waals surface area contributed by atoms with Crippen molar-refractivity contribution >= 4 is 16.7 Å². The smallest absolute Gasteiger partial charge is 0.161 e. The van der Waals surface area contributed by atoms with Gasteiger partial charge in [0.2, 0.25) is 0 Å². The number of nitrogens with zero attached hydrogens (tertiary/aromatic N) is 2. The average molecular weight is 429 g/mol. The zero-order valence-electron chi connectivity index (χ0n) is 19.6. The maximum Gasteiger partial charge on any atom is 0.161 e. The van der Waals surface area contributed by atoms with Crippen LogP contribution in [0, 0.1) is 12.8 Å². The van der Waals surface area contributed by atoms with E-state index in [1.807, 2.05) is 0 Å². The second kappa shape index (κ2) is 9.23. The fraction of sp³-hybridized carbons (Fsp3) is 0.483. The van der Waals surface area contributed by atoms with Crippen molar-refractivity contribution in [2.24, 2.45) is 5.92 Å². The summed E-state index contributed by atoms with van der Waals surface area (Å²) < 4.78 is 2.33. The number of ketones is 1. The van der Waals surface area contributed by atoms with Crippen molar-refractivity contribution in [2.75, 3.05) is 6.54 Å². The molecule has 0 saturated carbocycles. The van der Waals surface area contributed by atoms with Crippen LogP contribution in [0.5, 0.6) is 0 Å². The summed E-state index contributed by atoms with van der Waals surface area (Å²) in [5.74, 6) is 1.05. The van der Waals surface area contributed by atoms with Gasteiger partial charge in [0.15, 0.2) is 5.78 Å². The molecule has 5 rings (SSSR count). The Kier molecular flexibility index (Phi) is 6.19. The molecule has 2 aliphatic heterocycles. The zero-order chi connectivity index (χ0) is 22.1. The van der Waals surface area contributed by atoms with Crippen LogP contribution in [0.1, 0.15) is 66.9 Å². The van der Waals surface area contributed by atoms with E-state index in [-0.39, 0.29) is 5.78 Å². The number of para-hydroxylation sites is 1. The monoisotopic (exact) mass is 428 g/mol. The summed E-state index contributed by atoms with van der Waals surface area (Å²) in [6, 6.07) is 18.9. The second-order valence-corrected chi connectivity index (χ2v) is 10.1. The fourth-order valence-electron chi connectivity index (χ4n) is 6.43. The lowest BCUT2D eigenvalue weighted by molar-refractivity contribution is 0.0978. The molecule has 3 heteroatoms. The molecule has 1 aromatic heterocycles. The molecule has 1 unspecified atom stereocenters. The van der Waals surface area contributed by atoms with Gasteiger partial charge in [-0.05, 0) is 75.8 Å². The van der Waals surface area contributed by atoms with Crippen molar-refractivity contribution in [2.45, 2.75) is 77.4 Å². The van der Waals surface area contributed by atoms with E-state index in [1.54, 1.807) is 6.92 Å². The first-order valence-corrected chi connectivity index (χ1v) is 12.5. The van der Waals surface area contributed by atoms with E-state index in [1.165, 1.54) is 61.7 Å². The van der Waals surface area contributed by atoms with Crippen LogP contribution in [0.4, 0.5) is 0 Å². The SMILES string of the molecule is CC(=O)c1cn(CCCN2[C@@H]3CC[C@H]2CC(CCc2ccccc2)C3)c2c(C)cccc12. The molecule has 0 radical (unpaired) electrons. The van der Waals surface area contributed by atoms with E-state index in [9.17, 15) is 4.79 Å². The van der Waals surface area contributed by atoms with Crippen molar-refractivity contribution in [3.05, 3.63) is 71.4 Å². The van der Waals surface area contributed by atoms with Crippen LogP contribution in [-0.2, 0) is 13.0 Å². The number of hydrogen-bond acceptors (Lipinski definition) is 2. The van der Waals surface area contributed by atoms with Crippen LogP contribution in [0.15, 0.2) is 54.7 Å².